The van der Waals surface area contributed by atoms with Gasteiger partial charge in [0, 0.05) is 16.4 Å². The number of amides is 1. The number of pyridine rings is 1. The number of nitrogens with one attached hydrogen (secondary N) is 2. The van der Waals surface area contributed by atoms with Crippen molar-refractivity contribution >= 4 is 44.9 Å². The van der Waals surface area contributed by atoms with Crippen molar-refractivity contribution in [2.24, 2.45) is 5.84 Å². The Morgan fingerprint density at radius 2 is 2.15 bits per heavy atom. The van der Waals surface area contributed by atoms with Gasteiger partial charge in [-0.3, -0.25) is 4.79 Å². The van der Waals surface area contributed by atoms with Crippen molar-refractivity contribution in [3.8, 4) is 0 Å². The fraction of sp³-hybridized carbons (Fsp3) is 0. The third-order valence-corrected chi connectivity index (χ3v) is 3.15. The molecule has 8 heteroatoms. The molecule has 1 aromatic carbocycles. The zero-order chi connectivity index (χ0) is 14.7. The van der Waals surface area contributed by atoms with Crippen molar-refractivity contribution in [2.75, 3.05) is 10.7 Å². The number of nitrogens with two attached hydrogens (primary N) is 1. The summed E-state index contributed by atoms with van der Waals surface area (Å²) in [6, 6.07) is 5.52. The lowest BCUT2D eigenvalue weighted by molar-refractivity contribution is 0.102. The van der Waals surface area contributed by atoms with E-state index in [2.05, 4.69) is 31.7 Å². The Labute approximate surface area is 127 Å². The molecule has 0 unspecified atom stereocenters. The molecule has 0 aliphatic heterocycles. The summed E-state index contributed by atoms with van der Waals surface area (Å²) >= 11 is 8.78. The highest BCUT2D eigenvalue weighted by Gasteiger charge is 2.14. The second kappa shape index (κ2) is 6.17. The van der Waals surface area contributed by atoms with Crippen LogP contribution in [0, 0.1) is 5.82 Å². The molecule has 4 N–H and O–H groups in total. The number of carbonyl (C=O) groups excluding carboxylic acids is 1. The van der Waals surface area contributed by atoms with Crippen LogP contribution in [-0.2, 0) is 0 Å². The third-order valence-electron chi connectivity index (χ3n) is 2.41. The molecule has 0 saturated carbocycles. The summed E-state index contributed by atoms with van der Waals surface area (Å²) in [5, 5.41) is 2.52. The van der Waals surface area contributed by atoms with Gasteiger partial charge in [-0.15, -0.1) is 0 Å². The molecule has 5 nitrogen and oxygen atoms in total. The fourth-order valence-electron chi connectivity index (χ4n) is 1.50. The first-order valence-electron chi connectivity index (χ1n) is 5.40. The quantitative estimate of drug-likeness (QED) is 0.581. The van der Waals surface area contributed by atoms with Crippen molar-refractivity contribution < 1.29 is 9.18 Å². The van der Waals surface area contributed by atoms with Crippen LogP contribution < -0.4 is 16.6 Å². The van der Waals surface area contributed by atoms with Crippen molar-refractivity contribution in [2.45, 2.75) is 0 Å². The van der Waals surface area contributed by atoms with Crippen molar-refractivity contribution in [1.82, 2.24) is 4.98 Å². The second-order valence-electron chi connectivity index (χ2n) is 3.78. The standard InChI is InChI=1S/C12H9BrClFN4O/c13-6-3-8(11(19-16)17-5-6)12(20)18-7-1-2-9(14)10(15)4-7/h1-5H,16H2,(H,17,19)(H,18,20). The molecule has 1 aromatic heterocycles. The van der Waals surface area contributed by atoms with E-state index in [4.69, 9.17) is 17.4 Å². The van der Waals surface area contributed by atoms with Gasteiger partial charge in [0.15, 0.2) is 5.82 Å². The number of benzene rings is 1. The van der Waals surface area contributed by atoms with Crippen molar-refractivity contribution in [3.05, 3.63) is 51.3 Å². The van der Waals surface area contributed by atoms with Gasteiger partial charge >= 0.3 is 0 Å². The maximum absolute atomic E-state index is 13.3. The van der Waals surface area contributed by atoms with Crippen LogP contribution in [0.5, 0.6) is 0 Å². The van der Waals surface area contributed by atoms with Crippen LogP contribution in [0.15, 0.2) is 34.9 Å². The summed E-state index contributed by atoms with van der Waals surface area (Å²) in [4.78, 5) is 16.1. The van der Waals surface area contributed by atoms with Gasteiger partial charge in [-0.25, -0.2) is 15.2 Å². The molecule has 0 fully saturated rings. The van der Waals surface area contributed by atoms with Crippen LogP contribution in [0.3, 0.4) is 0 Å². The normalized spacial score (nSPS) is 10.2. The minimum Gasteiger partial charge on any atom is -0.322 e. The van der Waals surface area contributed by atoms with Gasteiger partial charge in [0.05, 0.1) is 10.6 Å². The summed E-state index contributed by atoms with van der Waals surface area (Å²) < 4.78 is 13.9. The smallest absolute Gasteiger partial charge is 0.259 e. The first-order valence-corrected chi connectivity index (χ1v) is 6.57. The molecule has 0 aliphatic carbocycles. The zero-order valence-electron chi connectivity index (χ0n) is 9.95. The molecule has 20 heavy (non-hydrogen) atoms. The molecule has 2 aromatic rings. The average Bonchev–Trinajstić information content (AvgIpc) is 2.43. The molecular formula is C12H9BrClFN4O. The van der Waals surface area contributed by atoms with Crippen molar-refractivity contribution in [1.29, 1.82) is 0 Å². The second-order valence-corrected chi connectivity index (χ2v) is 5.10. The molecule has 2 rings (SSSR count). The highest BCUT2D eigenvalue weighted by atomic mass is 79.9. The number of anilines is 2. The molecular weight excluding hydrogens is 351 g/mol. The van der Waals surface area contributed by atoms with Crippen LogP contribution in [0.2, 0.25) is 5.02 Å². The maximum atomic E-state index is 13.3. The highest BCUT2D eigenvalue weighted by Crippen LogP contribution is 2.21. The topological polar surface area (TPSA) is 80.0 Å². The predicted molar refractivity (Wildman–Crippen MR) is 79.1 cm³/mol. The van der Waals surface area contributed by atoms with E-state index in [1.54, 1.807) is 6.07 Å². The molecule has 0 spiro atoms. The van der Waals surface area contributed by atoms with Crippen LogP contribution in [0.1, 0.15) is 10.4 Å². The first-order chi connectivity index (χ1) is 9.51. The number of hydrazine groups is 1. The Bertz CT molecular complexity index is 668. The monoisotopic (exact) mass is 358 g/mol. The van der Waals surface area contributed by atoms with E-state index in [0.717, 1.165) is 6.07 Å². The Morgan fingerprint density at radius 1 is 1.40 bits per heavy atom. The molecule has 0 aliphatic rings. The Kier molecular flexibility index (Phi) is 4.53. The van der Waals surface area contributed by atoms with Gasteiger partial charge < -0.3 is 10.7 Å². The lowest BCUT2D eigenvalue weighted by Crippen LogP contribution is -2.18. The van der Waals surface area contributed by atoms with Crippen LogP contribution in [-0.4, -0.2) is 10.9 Å². The van der Waals surface area contributed by atoms with E-state index >= 15 is 0 Å². The summed E-state index contributed by atoms with van der Waals surface area (Å²) in [5.74, 6) is 4.40. The number of rotatable bonds is 3. The fourth-order valence-corrected chi connectivity index (χ4v) is 1.95. The summed E-state index contributed by atoms with van der Waals surface area (Å²) in [7, 11) is 0. The number of halogens is 3. The van der Waals surface area contributed by atoms with Gasteiger partial charge in [0.2, 0.25) is 0 Å². The summed E-state index contributed by atoms with van der Waals surface area (Å²) in [6.45, 7) is 0. The highest BCUT2D eigenvalue weighted by molar-refractivity contribution is 9.10. The lowest BCUT2D eigenvalue weighted by Gasteiger charge is -2.09. The number of aromatic nitrogens is 1. The number of nitrogens with zero attached hydrogens (tertiary/aromatic N) is 1. The third kappa shape index (κ3) is 3.24. The van der Waals surface area contributed by atoms with Gasteiger partial charge in [0.1, 0.15) is 5.82 Å². The lowest BCUT2D eigenvalue weighted by atomic mass is 10.2. The summed E-state index contributed by atoms with van der Waals surface area (Å²) in [6.07, 6.45) is 1.49. The van der Waals surface area contributed by atoms with Gasteiger partial charge in [-0.2, -0.15) is 0 Å². The number of hydrogen-bond donors (Lipinski definition) is 3. The predicted octanol–water partition coefficient (Wildman–Crippen LogP) is 3.17. The molecule has 1 amide bonds. The Morgan fingerprint density at radius 3 is 2.80 bits per heavy atom. The van der Waals surface area contributed by atoms with Gasteiger partial charge in [-0.05, 0) is 40.2 Å². The minimum atomic E-state index is -0.617. The largest absolute Gasteiger partial charge is 0.322 e. The first kappa shape index (κ1) is 14.7. The zero-order valence-corrected chi connectivity index (χ0v) is 12.3. The molecule has 0 radical (unpaired) electrons. The minimum absolute atomic E-state index is 0.0172. The van der Waals surface area contributed by atoms with E-state index in [9.17, 15) is 9.18 Å². The number of hydrogen-bond acceptors (Lipinski definition) is 4. The van der Waals surface area contributed by atoms with E-state index < -0.39 is 11.7 Å². The molecule has 1 heterocycles. The number of carbonyl (C=O) groups is 1. The molecule has 0 bridgehead atoms. The Balaban J connectivity index is 2.27. The van der Waals surface area contributed by atoms with E-state index in [1.165, 1.54) is 18.3 Å². The van der Waals surface area contributed by atoms with Crippen LogP contribution >= 0.6 is 27.5 Å². The average molecular weight is 360 g/mol. The van der Waals surface area contributed by atoms with Gasteiger partial charge in [0.25, 0.3) is 5.91 Å². The van der Waals surface area contributed by atoms with Crippen LogP contribution in [0.4, 0.5) is 15.9 Å². The van der Waals surface area contributed by atoms with E-state index in [1.807, 2.05) is 0 Å². The van der Waals surface area contributed by atoms with E-state index in [-0.39, 0.29) is 22.1 Å². The number of nitrogen functional groups attached to an aromatic ring is 1. The van der Waals surface area contributed by atoms with Gasteiger partial charge in [-0.1, -0.05) is 11.6 Å². The van der Waals surface area contributed by atoms with E-state index in [0.29, 0.717) is 4.47 Å². The maximum Gasteiger partial charge on any atom is 0.259 e. The van der Waals surface area contributed by atoms with Crippen LogP contribution in [0.25, 0.3) is 0 Å². The molecule has 104 valence electrons. The Hall–Kier alpha value is -1.70. The molecule has 0 saturated heterocycles. The van der Waals surface area contributed by atoms with Crippen molar-refractivity contribution in [3.63, 3.8) is 0 Å². The summed E-state index contributed by atoms with van der Waals surface area (Å²) in [5.41, 5.74) is 2.82. The SMILES string of the molecule is NNc1ncc(Br)cc1C(=O)Nc1ccc(Cl)c(F)c1. The molecule has 0 atom stereocenters.